The largest absolute Gasteiger partial charge is 0.333 e. The first-order valence-electron chi connectivity index (χ1n) is 12.4. The Morgan fingerprint density at radius 3 is 1.89 bits per heavy atom. The van der Waals surface area contributed by atoms with Gasteiger partial charge in [0.05, 0.1) is 11.3 Å². The average molecular weight is 471 g/mol. The third-order valence-electron chi connectivity index (χ3n) is 6.73. The highest BCUT2D eigenvalue weighted by Crippen LogP contribution is 2.28. The fraction of sp³-hybridized carbons (Fsp3) is 0.121. The summed E-state index contributed by atoms with van der Waals surface area (Å²) >= 11 is 0. The summed E-state index contributed by atoms with van der Waals surface area (Å²) in [4.78, 5) is 16.3. The van der Waals surface area contributed by atoms with Crippen LogP contribution in [0.2, 0.25) is 0 Å². The molecule has 0 aliphatic carbocycles. The molecule has 1 aromatic heterocycles. The van der Waals surface area contributed by atoms with Crippen LogP contribution in [0.25, 0.3) is 5.69 Å². The van der Waals surface area contributed by atoms with E-state index < -0.39 is 0 Å². The summed E-state index contributed by atoms with van der Waals surface area (Å²) in [5.74, 6) is 0.0820. The van der Waals surface area contributed by atoms with E-state index in [9.17, 15) is 4.79 Å². The number of hydrogen-bond donors (Lipinski definition) is 0. The molecular weight excluding hydrogens is 440 g/mol. The van der Waals surface area contributed by atoms with Crippen LogP contribution in [-0.2, 0) is 6.54 Å². The molecule has 1 heterocycles. The van der Waals surface area contributed by atoms with Gasteiger partial charge in [0.25, 0.3) is 5.91 Å². The van der Waals surface area contributed by atoms with Gasteiger partial charge in [0.15, 0.2) is 0 Å². The molecule has 5 aromatic rings. The lowest BCUT2D eigenvalue weighted by Gasteiger charge is -2.30. The lowest BCUT2D eigenvalue weighted by atomic mass is 9.90. The molecule has 0 bridgehead atoms. The van der Waals surface area contributed by atoms with Gasteiger partial charge in [0.2, 0.25) is 0 Å². The molecule has 0 spiro atoms. The Bertz CT molecular complexity index is 1370. The van der Waals surface area contributed by atoms with Gasteiger partial charge in [-0.3, -0.25) is 4.79 Å². The van der Waals surface area contributed by atoms with Crippen molar-refractivity contribution in [3.63, 3.8) is 0 Å². The Hall–Kier alpha value is -4.37. The molecule has 5 rings (SSSR count). The zero-order chi connectivity index (χ0) is 24.7. The second-order valence-electron chi connectivity index (χ2n) is 9.09. The van der Waals surface area contributed by atoms with E-state index in [1.54, 1.807) is 0 Å². The second-order valence-corrected chi connectivity index (χ2v) is 9.09. The number of aryl methyl sites for hydroxylation is 1. The highest BCUT2D eigenvalue weighted by Gasteiger charge is 2.25. The Labute approximate surface area is 213 Å². The van der Waals surface area contributed by atoms with Crippen LogP contribution >= 0.6 is 0 Å². The summed E-state index contributed by atoms with van der Waals surface area (Å²) in [6, 6.07) is 41.1. The number of benzene rings is 4. The predicted octanol–water partition coefficient (Wildman–Crippen LogP) is 7.26. The Kier molecular flexibility index (Phi) is 7.09. The van der Waals surface area contributed by atoms with E-state index in [1.165, 1.54) is 16.7 Å². The smallest absolute Gasteiger partial charge is 0.256 e. The highest BCUT2D eigenvalue weighted by atomic mass is 16.2. The number of aromatic nitrogens is 1. The van der Waals surface area contributed by atoms with Crippen molar-refractivity contribution in [2.75, 3.05) is 6.54 Å². The van der Waals surface area contributed by atoms with Crippen LogP contribution in [0.1, 0.15) is 38.5 Å². The molecule has 0 aliphatic heterocycles. The SMILES string of the molecule is Cc1ccccc1CN(CC(c1ccccc1)c1ccccc1)C(=O)c1ccccc1-n1cccc1. The number of nitrogens with zero attached hydrogens (tertiary/aromatic N) is 2. The lowest BCUT2D eigenvalue weighted by molar-refractivity contribution is 0.0737. The number of hydrogen-bond acceptors (Lipinski definition) is 1. The molecular formula is C33H30N2O. The molecule has 3 heteroatoms. The summed E-state index contributed by atoms with van der Waals surface area (Å²) < 4.78 is 2.01. The van der Waals surface area contributed by atoms with Crippen molar-refractivity contribution in [3.05, 3.63) is 162 Å². The van der Waals surface area contributed by atoms with Gasteiger partial charge in [-0.05, 0) is 53.4 Å². The van der Waals surface area contributed by atoms with Crippen molar-refractivity contribution in [2.45, 2.75) is 19.4 Å². The maximum atomic E-state index is 14.3. The molecule has 0 saturated carbocycles. The number of amides is 1. The molecule has 0 N–H and O–H groups in total. The van der Waals surface area contributed by atoms with E-state index >= 15 is 0 Å². The standard InChI is InChI=1S/C33H30N2O/c1-26-14-8-9-19-29(26)24-35(33(36)30-20-10-11-21-32(30)34-22-12-13-23-34)25-31(27-15-4-2-5-16-27)28-17-6-3-7-18-28/h2-23,31H,24-25H2,1H3. The molecule has 36 heavy (non-hydrogen) atoms. The fourth-order valence-corrected chi connectivity index (χ4v) is 4.75. The number of para-hydroxylation sites is 1. The van der Waals surface area contributed by atoms with Gasteiger partial charge in [-0.25, -0.2) is 0 Å². The summed E-state index contributed by atoms with van der Waals surface area (Å²) in [6.07, 6.45) is 3.96. The van der Waals surface area contributed by atoms with Gasteiger partial charge in [-0.2, -0.15) is 0 Å². The first kappa shape index (κ1) is 23.4. The maximum absolute atomic E-state index is 14.3. The molecule has 0 saturated heterocycles. The molecule has 3 nitrogen and oxygen atoms in total. The van der Waals surface area contributed by atoms with Crippen LogP contribution < -0.4 is 0 Å². The number of carbonyl (C=O) groups is 1. The summed E-state index contributed by atoms with van der Waals surface area (Å²) in [5.41, 5.74) is 6.32. The van der Waals surface area contributed by atoms with Gasteiger partial charge < -0.3 is 9.47 Å². The Balaban J connectivity index is 1.57. The molecule has 0 unspecified atom stereocenters. The van der Waals surface area contributed by atoms with Crippen LogP contribution in [0.5, 0.6) is 0 Å². The van der Waals surface area contributed by atoms with E-state index in [-0.39, 0.29) is 11.8 Å². The first-order chi connectivity index (χ1) is 17.7. The van der Waals surface area contributed by atoms with Crippen molar-refractivity contribution in [1.29, 1.82) is 0 Å². The molecule has 0 aliphatic rings. The van der Waals surface area contributed by atoms with E-state index in [0.717, 1.165) is 11.3 Å². The highest BCUT2D eigenvalue weighted by molar-refractivity contribution is 5.98. The van der Waals surface area contributed by atoms with Crippen LogP contribution in [-0.4, -0.2) is 21.9 Å². The molecule has 1 amide bonds. The quantitative estimate of drug-likeness (QED) is 0.234. The van der Waals surface area contributed by atoms with Crippen LogP contribution in [0.3, 0.4) is 0 Å². The summed E-state index contributed by atoms with van der Waals surface area (Å²) in [6.45, 7) is 3.22. The minimum atomic E-state index is 0.0272. The zero-order valence-corrected chi connectivity index (χ0v) is 20.5. The van der Waals surface area contributed by atoms with Crippen molar-refractivity contribution in [3.8, 4) is 5.69 Å². The molecule has 0 atom stereocenters. The van der Waals surface area contributed by atoms with Crippen molar-refractivity contribution in [1.82, 2.24) is 9.47 Å². The van der Waals surface area contributed by atoms with Gasteiger partial charge >= 0.3 is 0 Å². The van der Waals surface area contributed by atoms with Crippen molar-refractivity contribution < 1.29 is 4.79 Å². The van der Waals surface area contributed by atoms with Crippen LogP contribution in [0.15, 0.2) is 134 Å². The van der Waals surface area contributed by atoms with Crippen LogP contribution in [0, 0.1) is 6.92 Å². The third kappa shape index (κ3) is 5.16. The topological polar surface area (TPSA) is 25.2 Å². The Morgan fingerprint density at radius 1 is 0.694 bits per heavy atom. The third-order valence-corrected chi connectivity index (χ3v) is 6.73. The van der Waals surface area contributed by atoms with E-state index in [0.29, 0.717) is 18.7 Å². The average Bonchev–Trinajstić information content (AvgIpc) is 3.48. The monoisotopic (exact) mass is 470 g/mol. The number of carbonyl (C=O) groups excluding carboxylic acids is 1. The molecule has 0 radical (unpaired) electrons. The van der Waals surface area contributed by atoms with Gasteiger partial charge in [-0.15, -0.1) is 0 Å². The minimum Gasteiger partial charge on any atom is -0.333 e. The maximum Gasteiger partial charge on any atom is 0.256 e. The van der Waals surface area contributed by atoms with Crippen molar-refractivity contribution in [2.24, 2.45) is 0 Å². The minimum absolute atomic E-state index is 0.0272. The Morgan fingerprint density at radius 2 is 1.25 bits per heavy atom. The first-order valence-corrected chi connectivity index (χ1v) is 12.4. The van der Waals surface area contributed by atoms with E-state index in [4.69, 9.17) is 0 Å². The van der Waals surface area contributed by atoms with E-state index in [2.05, 4.69) is 67.6 Å². The fourth-order valence-electron chi connectivity index (χ4n) is 4.75. The summed E-state index contributed by atoms with van der Waals surface area (Å²) in [7, 11) is 0. The molecule has 178 valence electrons. The molecule has 4 aromatic carbocycles. The summed E-state index contributed by atoms with van der Waals surface area (Å²) in [5, 5.41) is 0. The van der Waals surface area contributed by atoms with Crippen molar-refractivity contribution >= 4 is 5.91 Å². The zero-order valence-electron chi connectivity index (χ0n) is 20.5. The van der Waals surface area contributed by atoms with Gasteiger partial charge in [0, 0.05) is 31.4 Å². The predicted molar refractivity (Wildman–Crippen MR) is 146 cm³/mol. The lowest BCUT2D eigenvalue weighted by Crippen LogP contribution is -2.35. The molecule has 0 fully saturated rings. The van der Waals surface area contributed by atoms with Crippen LogP contribution in [0.4, 0.5) is 0 Å². The van der Waals surface area contributed by atoms with E-state index in [1.807, 2.05) is 82.5 Å². The van der Waals surface area contributed by atoms with Gasteiger partial charge in [-0.1, -0.05) is 97.1 Å². The van der Waals surface area contributed by atoms with Gasteiger partial charge in [0.1, 0.15) is 0 Å². The normalized spacial score (nSPS) is 10.9. The second kappa shape index (κ2) is 10.9. The number of rotatable bonds is 8.